The molecule has 23 heavy (non-hydrogen) atoms. The van der Waals surface area contributed by atoms with Crippen molar-refractivity contribution in [2.24, 2.45) is 5.73 Å². The Hall–Kier alpha value is -1.62. The van der Waals surface area contributed by atoms with E-state index in [0.717, 1.165) is 17.7 Å². The molecular weight excluding hydrogens is 333 g/mol. The van der Waals surface area contributed by atoms with E-state index in [4.69, 9.17) is 5.73 Å². The molecule has 1 aromatic carbocycles. The van der Waals surface area contributed by atoms with E-state index in [1.165, 1.54) is 0 Å². The van der Waals surface area contributed by atoms with E-state index >= 15 is 0 Å². The minimum absolute atomic E-state index is 0. The molecule has 2 aromatic rings. The zero-order valence-electron chi connectivity index (χ0n) is 13.1. The Morgan fingerprint density at radius 2 is 1.83 bits per heavy atom. The third-order valence-electron chi connectivity index (χ3n) is 3.29. The van der Waals surface area contributed by atoms with Gasteiger partial charge in [0.15, 0.2) is 0 Å². The summed E-state index contributed by atoms with van der Waals surface area (Å²) in [5.41, 5.74) is 8.22. The van der Waals surface area contributed by atoms with Crippen molar-refractivity contribution in [2.45, 2.75) is 19.9 Å². The second-order valence-electron chi connectivity index (χ2n) is 5.04. The lowest BCUT2D eigenvalue weighted by Gasteiger charge is -2.22. The maximum atomic E-state index is 12.6. The summed E-state index contributed by atoms with van der Waals surface area (Å²) in [6.07, 6.45) is 2.43. The molecule has 0 unspecified atom stereocenters. The van der Waals surface area contributed by atoms with Gasteiger partial charge in [-0.25, -0.2) is 0 Å². The van der Waals surface area contributed by atoms with E-state index in [9.17, 15) is 4.79 Å². The first-order valence-corrected chi connectivity index (χ1v) is 7.16. The zero-order valence-corrected chi connectivity index (χ0v) is 14.8. The molecule has 6 heteroatoms. The van der Waals surface area contributed by atoms with E-state index in [1.54, 1.807) is 6.20 Å². The molecule has 0 aliphatic carbocycles. The Bertz CT molecular complexity index is 576. The predicted octanol–water partition coefficient (Wildman–Crippen LogP) is 3.22. The van der Waals surface area contributed by atoms with Crippen molar-refractivity contribution in [1.29, 1.82) is 0 Å². The lowest BCUT2D eigenvalue weighted by molar-refractivity contribution is 0.0742. The van der Waals surface area contributed by atoms with Gasteiger partial charge >= 0.3 is 0 Å². The quantitative estimate of drug-likeness (QED) is 0.865. The number of nitrogens with two attached hydrogens (primary N) is 1. The molecule has 0 saturated heterocycles. The largest absolute Gasteiger partial charge is 0.334 e. The molecule has 2 N–H and O–H groups in total. The van der Waals surface area contributed by atoms with E-state index in [2.05, 4.69) is 4.98 Å². The van der Waals surface area contributed by atoms with Crippen molar-refractivity contribution in [3.05, 3.63) is 65.5 Å². The second kappa shape index (κ2) is 11.0. The highest BCUT2D eigenvalue weighted by Crippen LogP contribution is 2.10. The number of aromatic nitrogens is 1. The first kappa shape index (κ1) is 21.4. The van der Waals surface area contributed by atoms with Gasteiger partial charge in [0.2, 0.25) is 0 Å². The number of benzene rings is 1. The number of hydrogen-bond acceptors (Lipinski definition) is 3. The van der Waals surface area contributed by atoms with Gasteiger partial charge in [-0.2, -0.15) is 0 Å². The highest BCUT2D eigenvalue weighted by Gasteiger charge is 2.15. The third-order valence-corrected chi connectivity index (χ3v) is 3.29. The first-order chi connectivity index (χ1) is 10.2. The van der Waals surface area contributed by atoms with Crippen LogP contribution in [0.3, 0.4) is 0 Å². The van der Waals surface area contributed by atoms with Crippen LogP contribution in [0, 0.1) is 6.92 Å². The highest BCUT2D eigenvalue weighted by molar-refractivity contribution is 5.93. The number of aryl methyl sites for hydroxylation is 1. The minimum Gasteiger partial charge on any atom is -0.334 e. The number of carbonyl (C=O) groups is 1. The Morgan fingerprint density at radius 3 is 2.39 bits per heavy atom. The molecular formula is C17H23Cl2N3O. The fourth-order valence-corrected chi connectivity index (χ4v) is 2.12. The summed E-state index contributed by atoms with van der Waals surface area (Å²) >= 11 is 0. The van der Waals surface area contributed by atoms with Gasteiger partial charge in [-0.1, -0.05) is 30.3 Å². The monoisotopic (exact) mass is 355 g/mol. The summed E-state index contributed by atoms with van der Waals surface area (Å²) in [6, 6.07) is 13.7. The molecule has 0 aliphatic rings. The standard InChI is InChI=1S/C17H21N3O.2ClH/c1-14-8-9-16(12-19-14)17(21)20(11-5-10-18)13-15-6-3-2-4-7-15;;/h2-4,6-9,12H,5,10-11,13,18H2,1H3;2*1H. The van der Waals surface area contributed by atoms with Crippen LogP contribution in [0.5, 0.6) is 0 Å². The summed E-state index contributed by atoms with van der Waals surface area (Å²) in [6.45, 7) is 3.72. The normalized spacial score (nSPS) is 9.48. The van der Waals surface area contributed by atoms with Crippen molar-refractivity contribution < 1.29 is 4.79 Å². The van der Waals surface area contributed by atoms with Crippen LogP contribution in [0.4, 0.5) is 0 Å². The molecule has 126 valence electrons. The van der Waals surface area contributed by atoms with Crippen molar-refractivity contribution >= 4 is 30.7 Å². The highest BCUT2D eigenvalue weighted by atomic mass is 35.5. The number of carbonyl (C=O) groups excluding carboxylic acids is 1. The summed E-state index contributed by atoms with van der Waals surface area (Å²) in [5.74, 6) is -0.000182. The van der Waals surface area contributed by atoms with Crippen molar-refractivity contribution in [2.75, 3.05) is 13.1 Å². The van der Waals surface area contributed by atoms with E-state index in [1.807, 2.05) is 54.3 Å². The molecule has 0 fully saturated rings. The van der Waals surface area contributed by atoms with Crippen LogP contribution in [-0.2, 0) is 6.54 Å². The van der Waals surface area contributed by atoms with Gasteiger partial charge in [-0.3, -0.25) is 9.78 Å². The molecule has 1 aromatic heterocycles. The molecule has 0 saturated carbocycles. The van der Waals surface area contributed by atoms with Gasteiger partial charge in [-0.15, -0.1) is 24.8 Å². The number of hydrogen-bond donors (Lipinski definition) is 1. The first-order valence-electron chi connectivity index (χ1n) is 7.16. The Kier molecular flexibility index (Phi) is 10.2. The Labute approximate surface area is 149 Å². The topological polar surface area (TPSA) is 59.2 Å². The fourth-order valence-electron chi connectivity index (χ4n) is 2.12. The SMILES string of the molecule is Cc1ccc(C(=O)N(CCCN)Cc2ccccc2)cn1.Cl.Cl. The van der Waals surface area contributed by atoms with Crippen molar-refractivity contribution in [3.63, 3.8) is 0 Å². The van der Waals surface area contributed by atoms with E-state index in [0.29, 0.717) is 25.2 Å². The maximum Gasteiger partial charge on any atom is 0.255 e. The number of halogens is 2. The maximum absolute atomic E-state index is 12.6. The van der Waals surface area contributed by atoms with Gasteiger partial charge in [0, 0.05) is 25.0 Å². The fraction of sp³-hybridized carbons (Fsp3) is 0.294. The Balaban J connectivity index is 0.00000242. The molecule has 1 amide bonds. The van der Waals surface area contributed by atoms with Crippen LogP contribution in [0.1, 0.15) is 28.0 Å². The summed E-state index contributed by atoms with van der Waals surface area (Å²) in [5, 5.41) is 0. The number of amides is 1. The molecule has 2 rings (SSSR count). The van der Waals surface area contributed by atoms with Gasteiger partial charge in [0.1, 0.15) is 0 Å². The molecule has 0 aliphatic heterocycles. The summed E-state index contributed by atoms with van der Waals surface area (Å²) in [4.78, 5) is 18.6. The van der Waals surface area contributed by atoms with Crippen LogP contribution in [0.15, 0.2) is 48.7 Å². The van der Waals surface area contributed by atoms with E-state index in [-0.39, 0.29) is 30.7 Å². The zero-order chi connectivity index (χ0) is 15.1. The van der Waals surface area contributed by atoms with Gasteiger partial charge in [-0.05, 0) is 37.6 Å². The summed E-state index contributed by atoms with van der Waals surface area (Å²) < 4.78 is 0. The summed E-state index contributed by atoms with van der Waals surface area (Å²) in [7, 11) is 0. The van der Waals surface area contributed by atoms with Gasteiger partial charge in [0.05, 0.1) is 5.56 Å². The average molecular weight is 356 g/mol. The minimum atomic E-state index is -0.000182. The third kappa shape index (κ3) is 6.57. The second-order valence-corrected chi connectivity index (χ2v) is 5.04. The molecule has 0 atom stereocenters. The van der Waals surface area contributed by atoms with Gasteiger partial charge in [0.25, 0.3) is 5.91 Å². The lowest BCUT2D eigenvalue weighted by Crippen LogP contribution is -2.32. The average Bonchev–Trinajstić information content (AvgIpc) is 2.52. The number of nitrogens with zero attached hydrogens (tertiary/aromatic N) is 2. The van der Waals surface area contributed by atoms with Crippen LogP contribution in [0.2, 0.25) is 0 Å². The molecule has 0 bridgehead atoms. The lowest BCUT2D eigenvalue weighted by atomic mass is 10.1. The smallest absolute Gasteiger partial charge is 0.255 e. The number of rotatable bonds is 6. The van der Waals surface area contributed by atoms with Crippen molar-refractivity contribution in [1.82, 2.24) is 9.88 Å². The van der Waals surface area contributed by atoms with E-state index < -0.39 is 0 Å². The molecule has 0 radical (unpaired) electrons. The van der Waals surface area contributed by atoms with Crippen LogP contribution >= 0.6 is 24.8 Å². The molecule has 4 nitrogen and oxygen atoms in total. The molecule has 0 spiro atoms. The number of pyridine rings is 1. The van der Waals surface area contributed by atoms with Crippen LogP contribution in [-0.4, -0.2) is 28.9 Å². The van der Waals surface area contributed by atoms with Gasteiger partial charge < -0.3 is 10.6 Å². The Morgan fingerprint density at radius 1 is 1.13 bits per heavy atom. The predicted molar refractivity (Wildman–Crippen MR) is 98.3 cm³/mol. The molecule has 1 heterocycles. The van der Waals surface area contributed by atoms with Crippen LogP contribution in [0.25, 0.3) is 0 Å². The van der Waals surface area contributed by atoms with Crippen molar-refractivity contribution in [3.8, 4) is 0 Å². The van der Waals surface area contributed by atoms with Crippen LogP contribution < -0.4 is 5.73 Å².